The fourth-order valence-corrected chi connectivity index (χ4v) is 2.80. The fraction of sp³-hybridized carbons (Fsp3) is 0.636. The molecule has 0 N–H and O–H groups in total. The van der Waals surface area contributed by atoms with Crippen molar-refractivity contribution in [3.05, 3.63) is 11.5 Å². The first-order valence-electron chi connectivity index (χ1n) is 5.95. The number of nitrogens with zero attached hydrogens (tertiary/aromatic N) is 4. The predicted octanol–water partition coefficient (Wildman–Crippen LogP) is 3.63. The number of hydrogen-bond acceptors (Lipinski definition) is 3. The average Bonchev–Trinajstić information content (AvgIpc) is 2.78. The monoisotopic (exact) mass is 326 g/mol. The van der Waals surface area contributed by atoms with Crippen LogP contribution in [0.4, 0.5) is 13.2 Å². The highest BCUT2D eigenvalue weighted by Gasteiger charge is 2.28. The zero-order valence-electron chi connectivity index (χ0n) is 11.2. The second-order valence-corrected chi connectivity index (χ2v) is 6.23. The molecule has 0 saturated carbocycles. The number of imidazole rings is 1. The summed E-state index contributed by atoms with van der Waals surface area (Å²) in [5.41, 5.74) is -2.10. The van der Waals surface area contributed by atoms with Gasteiger partial charge in [0.15, 0.2) is 5.65 Å². The summed E-state index contributed by atoms with van der Waals surface area (Å²) in [4.78, 5) is 4.40. The number of rotatable bonds is 4. The summed E-state index contributed by atoms with van der Waals surface area (Å²) in [6, 6.07) is 0. The van der Waals surface area contributed by atoms with Crippen molar-refractivity contribution in [1.29, 1.82) is 0 Å². The van der Waals surface area contributed by atoms with E-state index in [1.165, 1.54) is 0 Å². The van der Waals surface area contributed by atoms with E-state index in [2.05, 4.69) is 10.1 Å². The van der Waals surface area contributed by atoms with Crippen molar-refractivity contribution in [3.63, 3.8) is 0 Å². The molecular weight excluding hydrogens is 313 g/mol. The number of aromatic nitrogens is 4. The molecular formula is C11H14ClF3N4S. The second-order valence-electron chi connectivity index (χ2n) is 4.41. The molecule has 1 unspecified atom stereocenters. The quantitative estimate of drug-likeness (QED) is 0.805. The molecule has 0 aromatic carbocycles. The van der Waals surface area contributed by atoms with E-state index in [-0.39, 0.29) is 29.4 Å². The van der Waals surface area contributed by atoms with Gasteiger partial charge in [0, 0.05) is 19.3 Å². The van der Waals surface area contributed by atoms with Crippen molar-refractivity contribution >= 4 is 34.5 Å². The first-order chi connectivity index (χ1) is 9.20. The van der Waals surface area contributed by atoms with Crippen molar-refractivity contribution < 1.29 is 13.2 Å². The maximum atomic E-state index is 12.2. The van der Waals surface area contributed by atoms with Crippen LogP contribution in [0, 0.1) is 6.92 Å². The highest BCUT2D eigenvalue weighted by Crippen LogP contribution is 2.31. The molecule has 0 amide bonds. The molecule has 4 nitrogen and oxygen atoms in total. The predicted molar refractivity (Wildman–Crippen MR) is 74.0 cm³/mol. The molecule has 0 saturated heterocycles. The van der Waals surface area contributed by atoms with Crippen LogP contribution >= 0.6 is 23.4 Å². The van der Waals surface area contributed by atoms with E-state index in [0.717, 1.165) is 5.69 Å². The Morgan fingerprint density at radius 1 is 1.40 bits per heavy atom. The molecule has 2 rings (SSSR count). The second kappa shape index (κ2) is 5.48. The van der Waals surface area contributed by atoms with Gasteiger partial charge in [0.25, 0.3) is 0 Å². The van der Waals surface area contributed by atoms with Crippen LogP contribution in [-0.2, 0) is 13.6 Å². The van der Waals surface area contributed by atoms with Crippen molar-refractivity contribution in [2.24, 2.45) is 7.05 Å². The van der Waals surface area contributed by atoms with Crippen LogP contribution in [0.2, 0.25) is 0 Å². The maximum absolute atomic E-state index is 12.2. The van der Waals surface area contributed by atoms with Gasteiger partial charge < -0.3 is 4.57 Å². The molecule has 112 valence electrons. The van der Waals surface area contributed by atoms with Crippen molar-refractivity contribution in [2.75, 3.05) is 5.75 Å². The summed E-state index contributed by atoms with van der Waals surface area (Å²) >= 11 is 6.02. The van der Waals surface area contributed by atoms with E-state index in [1.807, 2.05) is 6.92 Å². The third kappa shape index (κ3) is 3.06. The standard InChI is InChI=1S/C11H14ClF3N4S/c1-6(12)9-16-8-7(2)17-18(3)10(8)19(9)4-5-20-11(13,14)15/h6H,4-5H2,1-3H3. The average molecular weight is 327 g/mol. The smallest absolute Gasteiger partial charge is 0.311 e. The lowest BCUT2D eigenvalue weighted by Crippen LogP contribution is -2.12. The molecule has 20 heavy (non-hydrogen) atoms. The van der Waals surface area contributed by atoms with Crippen LogP contribution in [0.5, 0.6) is 0 Å². The van der Waals surface area contributed by atoms with Gasteiger partial charge in [0.05, 0.1) is 11.1 Å². The highest BCUT2D eigenvalue weighted by atomic mass is 35.5. The van der Waals surface area contributed by atoms with Gasteiger partial charge in [-0.3, -0.25) is 4.68 Å². The minimum absolute atomic E-state index is 0.0479. The Hall–Kier alpha value is -0.890. The Balaban J connectivity index is 2.36. The Bertz CT molecular complexity index is 617. The molecule has 2 aromatic heterocycles. The maximum Gasteiger partial charge on any atom is 0.441 e. The molecule has 2 heterocycles. The highest BCUT2D eigenvalue weighted by molar-refractivity contribution is 8.00. The fourth-order valence-electron chi connectivity index (χ4n) is 2.13. The normalized spacial score (nSPS) is 14.2. The molecule has 0 aliphatic rings. The Morgan fingerprint density at radius 2 is 2.05 bits per heavy atom. The van der Waals surface area contributed by atoms with Crippen LogP contribution in [0.25, 0.3) is 11.2 Å². The third-order valence-corrected chi connectivity index (χ3v) is 3.77. The summed E-state index contributed by atoms with van der Waals surface area (Å²) in [6.45, 7) is 3.75. The number of halogens is 4. The molecule has 0 spiro atoms. The number of alkyl halides is 4. The first-order valence-corrected chi connectivity index (χ1v) is 7.37. The lowest BCUT2D eigenvalue weighted by molar-refractivity contribution is -0.0328. The van der Waals surface area contributed by atoms with Crippen molar-refractivity contribution in [1.82, 2.24) is 19.3 Å². The van der Waals surface area contributed by atoms with Gasteiger partial charge in [-0.1, -0.05) is 0 Å². The van der Waals surface area contributed by atoms with E-state index < -0.39 is 5.51 Å². The summed E-state index contributed by atoms with van der Waals surface area (Å²) in [5.74, 6) is 0.482. The molecule has 9 heteroatoms. The molecule has 0 aliphatic carbocycles. The molecule has 2 aromatic rings. The zero-order chi connectivity index (χ0) is 15.1. The van der Waals surface area contributed by atoms with Gasteiger partial charge in [0.2, 0.25) is 0 Å². The molecule has 0 radical (unpaired) electrons. The van der Waals surface area contributed by atoms with Crippen LogP contribution in [0.3, 0.4) is 0 Å². The Labute approximate surface area is 123 Å². The van der Waals surface area contributed by atoms with Gasteiger partial charge in [-0.05, 0) is 25.6 Å². The van der Waals surface area contributed by atoms with Crippen molar-refractivity contribution in [2.45, 2.75) is 31.3 Å². The summed E-state index contributed by atoms with van der Waals surface area (Å²) < 4.78 is 40.0. The van der Waals surface area contributed by atoms with Gasteiger partial charge >= 0.3 is 5.51 Å². The van der Waals surface area contributed by atoms with E-state index in [0.29, 0.717) is 17.0 Å². The number of aryl methyl sites for hydroxylation is 3. The number of thioether (sulfide) groups is 1. The minimum atomic E-state index is -4.23. The van der Waals surface area contributed by atoms with Crippen LogP contribution < -0.4 is 0 Å². The largest absolute Gasteiger partial charge is 0.441 e. The molecule has 1 atom stereocenters. The lowest BCUT2D eigenvalue weighted by atomic mass is 10.4. The number of hydrogen-bond donors (Lipinski definition) is 0. The summed E-state index contributed by atoms with van der Waals surface area (Å²) in [6.07, 6.45) is 0. The minimum Gasteiger partial charge on any atom is -0.311 e. The van der Waals surface area contributed by atoms with Gasteiger partial charge in [-0.2, -0.15) is 18.3 Å². The Kier molecular flexibility index (Phi) is 4.24. The van der Waals surface area contributed by atoms with Gasteiger partial charge in [0.1, 0.15) is 11.3 Å². The zero-order valence-corrected chi connectivity index (χ0v) is 12.8. The summed E-state index contributed by atoms with van der Waals surface area (Å²) in [7, 11) is 1.74. The van der Waals surface area contributed by atoms with Crippen molar-refractivity contribution in [3.8, 4) is 0 Å². The summed E-state index contributed by atoms with van der Waals surface area (Å²) in [5, 5.41) is 3.85. The topological polar surface area (TPSA) is 35.6 Å². The van der Waals surface area contributed by atoms with E-state index in [1.54, 1.807) is 23.2 Å². The first kappa shape index (κ1) is 15.5. The van der Waals surface area contributed by atoms with Gasteiger partial charge in [-0.25, -0.2) is 4.98 Å². The van der Waals surface area contributed by atoms with Gasteiger partial charge in [-0.15, -0.1) is 11.6 Å². The van der Waals surface area contributed by atoms with Crippen LogP contribution in [0.1, 0.15) is 23.8 Å². The molecule has 0 bridgehead atoms. The molecule has 0 aliphatic heterocycles. The van der Waals surface area contributed by atoms with Crippen LogP contribution in [0.15, 0.2) is 0 Å². The number of fused-ring (bicyclic) bond motifs is 1. The SMILES string of the molecule is Cc1nn(C)c2c1nc(C(C)Cl)n2CCSC(F)(F)F. The van der Waals surface area contributed by atoms with E-state index in [9.17, 15) is 13.2 Å². The lowest BCUT2D eigenvalue weighted by Gasteiger charge is -2.11. The van der Waals surface area contributed by atoms with E-state index >= 15 is 0 Å². The van der Waals surface area contributed by atoms with E-state index in [4.69, 9.17) is 11.6 Å². The Morgan fingerprint density at radius 3 is 2.60 bits per heavy atom. The third-order valence-electron chi connectivity index (χ3n) is 2.86. The van der Waals surface area contributed by atoms with Crippen LogP contribution in [-0.4, -0.2) is 30.6 Å². The molecule has 0 fully saturated rings.